The van der Waals surface area contributed by atoms with Crippen molar-refractivity contribution in [3.63, 3.8) is 0 Å². The van der Waals surface area contributed by atoms with E-state index in [0.717, 1.165) is 5.56 Å². The van der Waals surface area contributed by atoms with Crippen LogP contribution < -0.4 is 10.6 Å². The van der Waals surface area contributed by atoms with Gasteiger partial charge in [-0.3, -0.25) is 9.59 Å². The maximum Gasteiger partial charge on any atom is 0.407 e. The molecule has 1 saturated heterocycles. The van der Waals surface area contributed by atoms with Crippen LogP contribution in [0.25, 0.3) is 0 Å². The van der Waals surface area contributed by atoms with Gasteiger partial charge in [-0.2, -0.15) is 0 Å². The largest absolute Gasteiger partial charge is 0.445 e. The number of ether oxygens (including phenoxy) is 1. The molecule has 6 heteroatoms. The molecular formula is C15H18N2O4. The van der Waals surface area contributed by atoms with Crippen molar-refractivity contribution in [3.8, 4) is 0 Å². The van der Waals surface area contributed by atoms with Crippen molar-refractivity contribution in [1.82, 2.24) is 10.6 Å². The minimum absolute atomic E-state index is 0.0772. The molecule has 0 unspecified atom stereocenters. The molecule has 0 spiro atoms. The quantitative estimate of drug-likeness (QED) is 0.757. The lowest BCUT2D eigenvalue weighted by Gasteiger charge is -2.09. The third-order valence-electron chi connectivity index (χ3n) is 3.22. The summed E-state index contributed by atoms with van der Waals surface area (Å²) in [4.78, 5) is 34.6. The molecule has 0 saturated carbocycles. The molecule has 6 nitrogen and oxygen atoms in total. The van der Waals surface area contributed by atoms with E-state index in [1.165, 1.54) is 0 Å². The van der Waals surface area contributed by atoms with Crippen molar-refractivity contribution in [2.45, 2.75) is 25.5 Å². The lowest BCUT2D eigenvalue weighted by molar-refractivity contribution is -0.127. The molecule has 1 amide bonds. The third kappa shape index (κ3) is 4.68. The van der Waals surface area contributed by atoms with E-state index in [9.17, 15) is 14.4 Å². The van der Waals surface area contributed by atoms with Crippen molar-refractivity contribution in [2.75, 3.05) is 13.1 Å². The van der Waals surface area contributed by atoms with Crippen molar-refractivity contribution in [3.05, 3.63) is 35.9 Å². The molecule has 0 radical (unpaired) electrons. The number of hydrogen-bond acceptors (Lipinski definition) is 5. The Labute approximate surface area is 122 Å². The van der Waals surface area contributed by atoms with Crippen LogP contribution in [0.4, 0.5) is 4.79 Å². The average molecular weight is 290 g/mol. The van der Waals surface area contributed by atoms with Crippen LogP contribution in [0.15, 0.2) is 30.3 Å². The molecule has 0 bridgehead atoms. The van der Waals surface area contributed by atoms with Gasteiger partial charge in [-0.15, -0.1) is 0 Å². The minimum Gasteiger partial charge on any atom is -0.445 e. The lowest BCUT2D eigenvalue weighted by Crippen LogP contribution is -2.38. The maximum absolute atomic E-state index is 11.7. The number of hydrogen-bond donors (Lipinski definition) is 2. The van der Waals surface area contributed by atoms with Crippen LogP contribution in [0.3, 0.4) is 0 Å². The zero-order valence-electron chi connectivity index (χ0n) is 11.6. The standard InChI is InChI=1S/C15H18N2O4/c18-12-6-8-16-14(12)13(19)7-9-17-15(20)21-10-11-4-2-1-3-5-11/h1-5,14,16H,6-10H2,(H,17,20)/t14-/m0/s1. The van der Waals surface area contributed by atoms with Crippen LogP contribution >= 0.6 is 0 Å². The molecule has 1 aromatic carbocycles. The summed E-state index contributed by atoms with van der Waals surface area (Å²) in [6.45, 7) is 0.892. The molecule has 0 aliphatic carbocycles. The monoisotopic (exact) mass is 290 g/mol. The molecule has 0 aromatic heterocycles. The van der Waals surface area contributed by atoms with Gasteiger partial charge >= 0.3 is 6.09 Å². The van der Waals surface area contributed by atoms with Crippen molar-refractivity contribution in [1.29, 1.82) is 0 Å². The molecule has 1 fully saturated rings. The molecular weight excluding hydrogens is 272 g/mol. The van der Waals surface area contributed by atoms with Crippen LogP contribution in [0, 0.1) is 0 Å². The van der Waals surface area contributed by atoms with E-state index in [0.29, 0.717) is 13.0 Å². The number of amides is 1. The highest BCUT2D eigenvalue weighted by molar-refractivity contribution is 6.07. The molecule has 1 aliphatic rings. The maximum atomic E-state index is 11.7. The Balaban J connectivity index is 1.63. The number of carbonyl (C=O) groups is 3. The highest BCUT2D eigenvalue weighted by Gasteiger charge is 2.29. The Kier molecular flexibility index (Phi) is 5.45. The molecule has 112 valence electrons. The van der Waals surface area contributed by atoms with Gasteiger partial charge in [-0.05, 0) is 5.56 Å². The number of carbonyl (C=O) groups excluding carboxylic acids is 3. The highest BCUT2D eigenvalue weighted by atomic mass is 16.5. The second-order valence-electron chi connectivity index (χ2n) is 4.81. The van der Waals surface area contributed by atoms with Gasteiger partial charge in [-0.1, -0.05) is 30.3 Å². The minimum atomic E-state index is -0.702. The van der Waals surface area contributed by atoms with Crippen molar-refractivity contribution >= 4 is 17.7 Å². The number of alkyl carbamates (subject to hydrolysis) is 1. The topological polar surface area (TPSA) is 84.5 Å². The average Bonchev–Trinajstić information content (AvgIpc) is 2.92. The van der Waals surface area contributed by atoms with E-state index in [-0.39, 0.29) is 31.1 Å². The Bertz CT molecular complexity index is 516. The van der Waals surface area contributed by atoms with Gasteiger partial charge in [0, 0.05) is 25.9 Å². The number of Topliss-reactive ketones (excluding diaryl/α,β-unsaturated/α-hetero) is 2. The zero-order chi connectivity index (χ0) is 15.1. The van der Waals surface area contributed by atoms with Gasteiger partial charge in [0.25, 0.3) is 0 Å². The Morgan fingerprint density at radius 3 is 2.71 bits per heavy atom. The molecule has 1 heterocycles. The summed E-state index contributed by atoms with van der Waals surface area (Å²) in [5.41, 5.74) is 0.893. The van der Waals surface area contributed by atoms with Crippen molar-refractivity contribution < 1.29 is 19.1 Å². The number of rotatable bonds is 6. The fourth-order valence-corrected chi connectivity index (χ4v) is 2.10. The predicted octanol–water partition coefficient (Wildman–Crippen LogP) is 0.803. The van der Waals surface area contributed by atoms with Crippen LogP contribution in [0.5, 0.6) is 0 Å². The van der Waals surface area contributed by atoms with Crippen LogP contribution in [0.2, 0.25) is 0 Å². The van der Waals surface area contributed by atoms with Crippen molar-refractivity contribution in [2.24, 2.45) is 0 Å². The van der Waals surface area contributed by atoms with Gasteiger partial charge in [0.15, 0.2) is 11.6 Å². The normalized spacial score (nSPS) is 17.5. The summed E-state index contributed by atoms with van der Waals surface area (Å²) in [7, 11) is 0. The van der Waals surface area contributed by atoms with Gasteiger partial charge in [-0.25, -0.2) is 4.79 Å². The molecule has 2 rings (SSSR count). The zero-order valence-corrected chi connectivity index (χ0v) is 11.6. The number of ketones is 2. The molecule has 21 heavy (non-hydrogen) atoms. The number of nitrogens with one attached hydrogen (secondary N) is 2. The fraction of sp³-hybridized carbons (Fsp3) is 0.400. The molecule has 1 aliphatic heterocycles. The summed E-state index contributed by atoms with van der Waals surface area (Å²) >= 11 is 0. The Morgan fingerprint density at radius 2 is 2.05 bits per heavy atom. The van der Waals surface area contributed by atoms with Crippen LogP contribution in [-0.2, 0) is 20.9 Å². The molecule has 1 atom stereocenters. The van der Waals surface area contributed by atoms with E-state index in [1.807, 2.05) is 30.3 Å². The first kappa shape index (κ1) is 15.2. The third-order valence-corrected chi connectivity index (χ3v) is 3.22. The van der Waals surface area contributed by atoms with E-state index in [1.54, 1.807) is 0 Å². The lowest BCUT2D eigenvalue weighted by atomic mass is 10.1. The Hall–Kier alpha value is -2.21. The number of benzene rings is 1. The van der Waals surface area contributed by atoms with E-state index >= 15 is 0 Å². The second-order valence-corrected chi connectivity index (χ2v) is 4.81. The molecule has 2 N–H and O–H groups in total. The van der Waals surface area contributed by atoms with Gasteiger partial charge in [0.1, 0.15) is 12.6 Å². The summed E-state index contributed by atoms with van der Waals surface area (Å²) in [5.74, 6) is -0.271. The smallest absolute Gasteiger partial charge is 0.407 e. The van der Waals surface area contributed by atoms with E-state index < -0.39 is 12.1 Å². The summed E-state index contributed by atoms with van der Waals surface area (Å²) < 4.78 is 5.01. The highest BCUT2D eigenvalue weighted by Crippen LogP contribution is 2.04. The fourth-order valence-electron chi connectivity index (χ4n) is 2.10. The first-order valence-corrected chi connectivity index (χ1v) is 6.90. The van der Waals surface area contributed by atoms with Gasteiger partial charge < -0.3 is 15.4 Å². The summed E-state index contributed by atoms with van der Waals surface area (Å²) in [6, 6.07) is 8.62. The summed E-state index contributed by atoms with van der Waals surface area (Å²) in [6.07, 6.45) is -0.0651. The Morgan fingerprint density at radius 1 is 1.29 bits per heavy atom. The van der Waals surface area contributed by atoms with E-state index in [4.69, 9.17) is 4.74 Å². The van der Waals surface area contributed by atoms with Crippen LogP contribution in [0.1, 0.15) is 18.4 Å². The van der Waals surface area contributed by atoms with Gasteiger partial charge in [0.05, 0.1) is 0 Å². The van der Waals surface area contributed by atoms with Gasteiger partial charge in [0.2, 0.25) is 0 Å². The SMILES string of the molecule is O=C(NCCC(=O)[C@H]1NCCC1=O)OCc1ccccc1. The predicted molar refractivity (Wildman–Crippen MR) is 75.7 cm³/mol. The second kappa shape index (κ2) is 7.54. The molecule has 1 aromatic rings. The first-order chi connectivity index (χ1) is 10.2. The summed E-state index contributed by atoms with van der Waals surface area (Å²) in [5, 5.41) is 5.35. The van der Waals surface area contributed by atoms with Crippen LogP contribution in [-0.4, -0.2) is 36.8 Å². The van der Waals surface area contributed by atoms with E-state index in [2.05, 4.69) is 10.6 Å². The first-order valence-electron chi connectivity index (χ1n) is 6.90.